The van der Waals surface area contributed by atoms with Crippen LogP contribution in [0.25, 0.3) is 0 Å². The monoisotopic (exact) mass is 282 g/mol. The van der Waals surface area contributed by atoms with Crippen LogP contribution in [0.15, 0.2) is 0 Å². The van der Waals surface area contributed by atoms with Crippen LogP contribution in [0, 0.1) is 11.8 Å². The van der Waals surface area contributed by atoms with Crippen molar-refractivity contribution in [3.8, 4) is 0 Å². The lowest BCUT2D eigenvalue weighted by Gasteiger charge is -2.25. The lowest BCUT2D eigenvalue weighted by atomic mass is 10.1. The molecule has 0 spiro atoms. The third kappa shape index (κ3) is 2.94. The van der Waals surface area contributed by atoms with Crippen LogP contribution in [0.2, 0.25) is 0 Å². The van der Waals surface area contributed by atoms with Crippen molar-refractivity contribution in [3.05, 3.63) is 0 Å². The van der Waals surface area contributed by atoms with E-state index >= 15 is 0 Å². The predicted octanol–water partition coefficient (Wildman–Crippen LogP) is 0.566. The van der Waals surface area contributed by atoms with E-state index in [1.807, 2.05) is 13.8 Å². The minimum absolute atomic E-state index is 0.00289. The van der Waals surface area contributed by atoms with Gasteiger partial charge in [-0.25, -0.2) is 4.79 Å². The van der Waals surface area contributed by atoms with Gasteiger partial charge in [0.1, 0.15) is 6.04 Å². The number of carbonyl (C=O) groups is 3. The third-order valence-electron chi connectivity index (χ3n) is 3.97. The van der Waals surface area contributed by atoms with E-state index in [2.05, 4.69) is 0 Å². The zero-order valence-electron chi connectivity index (χ0n) is 12.0. The minimum atomic E-state index is -0.945. The molecule has 0 aromatic heterocycles. The Kier molecular flexibility index (Phi) is 4.30. The normalized spacial score (nSPS) is 26.6. The van der Waals surface area contributed by atoms with Gasteiger partial charge in [-0.15, -0.1) is 0 Å². The first kappa shape index (κ1) is 14.8. The van der Waals surface area contributed by atoms with Gasteiger partial charge in [0.25, 0.3) is 0 Å². The van der Waals surface area contributed by atoms with Crippen molar-refractivity contribution in [2.75, 3.05) is 19.6 Å². The molecule has 2 aliphatic heterocycles. The molecule has 0 bridgehead atoms. The largest absolute Gasteiger partial charge is 0.480 e. The summed E-state index contributed by atoms with van der Waals surface area (Å²) in [5.74, 6) is -1.12. The number of carbonyl (C=O) groups excluding carboxylic acids is 2. The summed E-state index contributed by atoms with van der Waals surface area (Å²) in [7, 11) is 0. The van der Waals surface area contributed by atoms with Gasteiger partial charge < -0.3 is 14.9 Å². The predicted molar refractivity (Wildman–Crippen MR) is 71.9 cm³/mol. The number of amides is 2. The molecule has 0 aromatic rings. The average molecular weight is 282 g/mol. The van der Waals surface area contributed by atoms with Crippen molar-refractivity contribution in [1.82, 2.24) is 9.80 Å². The zero-order valence-corrected chi connectivity index (χ0v) is 12.0. The molecule has 6 nitrogen and oxygen atoms in total. The molecule has 0 aromatic carbocycles. The number of hydrogen-bond acceptors (Lipinski definition) is 3. The van der Waals surface area contributed by atoms with E-state index < -0.39 is 12.0 Å². The molecule has 0 radical (unpaired) electrons. The fourth-order valence-electron chi connectivity index (χ4n) is 3.08. The topological polar surface area (TPSA) is 77.9 Å². The quantitative estimate of drug-likeness (QED) is 0.817. The zero-order chi connectivity index (χ0) is 14.9. The van der Waals surface area contributed by atoms with E-state index in [0.717, 1.165) is 6.42 Å². The fourth-order valence-corrected chi connectivity index (χ4v) is 3.08. The molecule has 2 aliphatic rings. The van der Waals surface area contributed by atoms with Gasteiger partial charge in [0.15, 0.2) is 0 Å². The Bertz CT molecular complexity index is 421. The highest BCUT2D eigenvalue weighted by Gasteiger charge is 2.41. The molecular weight excluding hydrogens is 260 g/mol. The highest BCUT2D eigenvalue weighted by Crippen LogP contribution is 2.26. The molecule has 1 N–H and O–H groups in total. The number of carboxylic acids is 1. The Balaban J connectivity index is 2.00. The number of rotatable bonds is 4. The van der Waals surface area contributed by atoms with Crippen LogP contribution in [0.3, 0.4) is 0 Å². The molecule has 2 heterocycles. The molecular formula is C14H22N2O4. The van der Waals surface area contributed by atoms with Crippen molar-refractivity contribution in [1.29, 1.82) is 0 Å². The van der Waals surface area contributed by atoms with Crippen LogP contribution >= 0.6 is 0 Å². The first-order valence-corrected chi connectivity index (χ1v) is 7.21. The van der Waals surface area contributed by atoms with Gasteiger partial charge >= 0.3 is 5.97 Å². The van der Waals surface area contributed by atoms with Crippen LogP contribution in [-0.2, 0) is 14.4 Å². The number of carboxylic acid groups (broad SMARTS) is 1. The van der Waals surface area contributed by atoms with Gasteiger partial charge in [-0.1, -0.05) is 13.8 Å². The van der Waals surface area contributed by atoms with Crippen LogP contribution in [0.4, 0.5) is 0 Å². The molecule has 0 saturated carbocycles. The number of nitrogens with zero attached hydrogens (tertiary/aromatic N) is 2. The second-order valence-electron chi connectivity index (χ2n) is 6.12. The lowest BCUT2D eigenvalue weighted by Crippen LogP contribution is -2.44. The first-order valence-electron chi connectivity index (χ1n) is 7.21. The summed E-state index contributed by atoms with van der Waals surface area (Å²) >= 11 is 0. The summed E-state index contributed by atoms with van der Waals surface area (Å²) in [4.78, 5) is 38.6. The van der Waals surface area contributed by atoms with E-state index in [4.69, 9.17) is 5.11 Å². The molecule has 2 fully saturated rings. The summed E-state index contributed by atoms with van der Waals surface area (Å²) in [6.45, 7) is 5.64. The molecule has 20 heavy (non-hydrogen) atoms. The average Bonchev–Trinajstić information content (AvgIpc) is 2.95. The molecule has 2 saturated heterocycles. The van der Waals surface area contributed by atoms with Gasteiger partial charge in [-0.05, 0) is 18.8 Å². The molecule has 2 amide bonds. The van der Waals surface area contributed by atoms with Crippen molar-refractivity contribution < 1.29 is 19.5 Å². The van der Waals surface area contributed by atoms with Crippen molar-refractivity contribution >= 4 is 17.8 Å². The maximum Gasteiger partial charge on any atom is 0.326 e. The van der Waals surface area contributed by atoms with Crippen LogP contribution in [0.5, 0.6) is 0 Å². The maximum absolute atomic E-state index is 12.4. The highest BCUT2D eigenvalue weighted by molar-refractivity contribution is 5.91. The summed E-state index contributed by atoms with van der Waals surface area (Å²) < 4.78 is 0. The minimum Gasteiger partial charge on any atom is -0.480 e. The Labute approximate surface area is 118 Å². The molecule has 112 valence electrons. The molecule has 2 atom stereocenters. The van der Waals surface area contributed by atoms with Gasteiger partial charge in [-0.2, -0.15) is 0 Å². The standard InChI is InChI=1S/C14H22N2O4/c1-9(2)7-15-8-10(6-12(15)17)13(18)16-5-3-4-11(16)14(19)20/h9-11H,3-8H2,1-2H3,(H,19,20)/t10?,11-/m1/s1. The maximum atomic E-state index is 12.4. The van der Waals surface area contributed by atoms with Crippen LogP contribution in [0.1, 0.15) is 33.1 Å². The van der Waals surface area contributed by atoms with Crippen molar-refractivity contribution in [3.63, 3.8) is 0 Å². The number of likely N-dealkylation sites (tertiary alicyclic amines) is 2. The molecule has 6 heteroatoms. The summed E-state index contributed by atoms with van der Waals surface area (Å²) in [5.41, 5.74) is 0. The third-order valence-corrected chi connectivity index (χ3v) is 3.97. The Morgan fingerprint density at radius 1 is 1.40 bits per heavy atom. The van der Waals surface area contributed by atoms with E-state index in [-0.39, 0.29) is 24.2 Å². The van der Waals surface area contributed by atoms with E-state index in [9.17, 15) is 14.4 Å². The van der Waals surface area contributed by atoms with Crippen molar-refractivity contribution in [2.45, 2.75) is 39.2 Å². The van der Waals surface area contributed by atoms with Crippen LogP contribution in [-0.4, -0.2) is 58.4 Å². The molecule has 1 unspecified atom stereocenters. The summed E-state index contributed by atoms with van der Waals surface area (Å²) in [6.07, 6.45) is 1.45. The first-order chi connectivity index (χ1) is 9.40. The van der Waals surface area contributed by atoms with Crippen LogP contribution < -0.4 is 0 Å². The lowest BCUT2D eigenvalue weighted by molar-refractivity contribution is -0.149. The van der Waals surface area contributed by atoms with Gasteiger partial charge in [0.2, 0.25) is 11.8 Å². The smallest absolute Gasteiger partial charge is 0.326 e. The Morgan fingerprint density at radius 3 is 2.70 bits per heavy atom. The second-order valence-corrected chi connectivity index (χ2v) is 6.12. The van der Waals surface area contributed by atoms with Crippen molar-refractivity contribution in [2.24, 2.45) is 11.8 Å². The highest BCUT2D eigenvalue weighted by atomic mass is 16.4. The molecule has 2 rings (SSSR count). The Morgan fingerprint density at radius 2 is 2.10 bits per heavy atom. The second kappa shape index (κ2) is 5.81. The van der Waals surface area contributed by atoms with Gasteiger partial charge in [0, 0.05) is 26.1 Å². The SMILES string of the molecule is CC(C)CN1CC(C(=O)N2CCC[C@@H]2C(=O)O)CC1=O. The summed E-state index contributed by atoms with van der Waals surface area (Å²) in [5, 5.41) is 9.13. The number of aliphatic carboxylic acids is 1. The van der Waals surface area contributed by atoms with E-state index in [0.29, 0.717) is 32.0 Å². The molecule has 0 aliphatic carbocycles. The van der Waals surface area contributed by atoms with E-state index in [1.165, 1.54) is 4.90 Å². The Hall–Kier alpha value is -1.59. The van der Waals surface area contributed by atoms with Gasteiger partial charge in [0.05, 0.1) is 5.92 Å². The fraction of sp³-hybridized carbons (Fsp3) is 0.786. The van der Waals surface area contributed by atoms with Gasteiger partial charge in [-0.3, -0.25) is 9.59 Å². The van der Waals surface area contributed by atoms with E-state index in [1.54, 1.807) is 4.90 Å². The summed E-state index contributed by atoms with van der Waals surface area (Å²) in [6, 6.07) is -0.711. The number of hydrogen-bond donors (Lipinski definition) is 1.